The average molecular weight is 197 g/mol. The van der Waals surface area contributed by atoms with Gasteiger partial charge in [0, 0.05) is 11.3 Å². The quantitative estimate of drug-likeness (QED) is 0.565. The van der Waals surface area contributed by atoms with Crippen LogP contribution in [0, 0.1) is 5.41 Å². The van der Waals surface area contributed by atoms with Crippen LogP contribution in [-0.4, -0.2) is 12.1 Å². The molecule has 0 aromatic rings. The standard InChI is InChI=1S/C8H8ClF3/c1-8(4-9)3-6(11)5(10)2-7(8)12/h2-3,7H,4H2,1H3. The van der Waals surface area contributed by atoms with Crippen molar-refractivity contribution in [3.63, 3.8) is 0 Å². The molecule has 0 aliphatic heterocycles. The van der Waals surface area contributed by atoms with Crippen molar-refractivity contribution >= 4 is 11.6 Å². The third-order valence-corrected chi connectivity index (χ3v) is 2.47. The lowest BCUT2D eigenvalue weighted by molar-refractivity contribution is 0.230. The van der Waals surface area contributed by atoms with Gasteiger partial charge in [-0.1, -0.05) is 6.92 Å². The van der Waals surface area contributed by atoms with Gasteiger partial charge in [0.25, 0.3) is 0 Å². The molecule has 2 atom stereocenters. The van der Waals surface area contributed by atoms with Gasteiger partial charge >= 0.3 is 0 Å². The molecular formula is C8H8ClF3. The van der Waals surface area contributed by atoms with E-state index in [1.807, 2.05) is 0 Å². The summed E-state index contributed by atoms with van der Waals surface area (Å²) in [6.45, 7) is 1.44. The highest BCUT2D eigenvalue weighted by Crippen LogP contribution is 2.37. The van der Waals surface area contributed by atoms with Crippen LogP contribution in [0.2, 0.25) is 0 Å². The van der Waals surface area contributed by atoms with Crippen molar-refractivity contribution in [2.75, 3.05) is 5.88 Å². The molecule has 2 unspecified atom stereocenters. The molecule has 0 heterocycles. The van der Waals surface area contributed by atoms with Crippen molar-refractivity contribution in [3.05, 3.63) is 23.8 Å². The molecule has 0 bridgehead atoms. The summed E-state index contributed by atoms with van der Waals surface area (Å²) in [5.74, 6) is -2.26. The fourth-order valence-electron chi connectivity index (χ4n) is 0.949. The number of allylic oxidation sites excluding steroid dienone is 4. The van der Waals surface area contributed by atoms with E-state index in [9.17, 15) is 13.2 Å². The molecule has 4 heteroatoms. The van der Waals surface area contributed by atoms with Crippen LogP contribution >= 0.6 is 11.6 Å². The largest absolute Gasteiger partial charge is 0.242 e. The zero-order chi connectivity index (χ0) is 9.35. The van der Waals surface area contributed by atoms with Gasteiger partial charge in [0.15, 0.2) is 11.7 Å². The molecular weight excluding hydrogens is 189 g/mol. The second-order valence-electron chi connectivity index (χ2n) is 3.05. The van der Waals surface area contributed by atoms with E-state index in [1.54, 1.807) is 0 Å². The number of alkyl halides is 2. The van der Waals surface area contributed by atoms with Crippen molar-refractivity contribution in [2.24, 2.45) is 5.41 Å². The number of halogens is 4. The van der Waals surface area contributed by atoms with Gasteiger partial charge in [-0.15, -0.1) is 11.6 Å². The fraction of sp³-hybridized carbons (Fsp3) is 0.500. The summed E-state index contributed by atoms with van der Waals surface area (Å²) >= 11 is 5.43. The monoisotopic (exact) mass is 196 g/mol. The first-order chi connectivity index (χ1) is 5.49. The summed E-state index contributed by atoms with van der Waals surface area (Å²) < 4.78 is 38.1. The maximum Gasteiger partial charge on any atom is 0.157 e. The van der Waals surface area contributed by atoms with Crippen molar-refractivity contribution in [1.82, 2.24) is 0 Å². The third kappa shape index (κ3) is 1.51. The second-order valence-corrected chi connectivity index (χ2v) is 3.32. The van der Waals surface area contributed by atoms with Gasteiger partial charge in [0.05, 0.1) is 0 Å². The van der Waals surface area contributed by atoms with Crippen molar-refractivity contribution in [3.8, 4) is 0 Å². The molecule has 0 radical (unpaired) electrons. The molecule has 0 spiro atoms. The van der Waals surface area contributed by atoms with E-state index in [0.29, 0.717) is 6.08 Å². The minimum atomic E-state index is -1.56. The molecule has 0 aromatic heterocycles. The maximum atomic E-state index is 13.0. The SMILES string of the molecule is CC1(CCl)C=C(F)C(F)=CC1F. The highest BCUT2D eigenvalue weighted by atomic mass is 35.5. The molecule has 0 N–H and O–H groups in total. The smallest absolute Gasteiger partial charge is 0.157 e. The number of hydrogen-bond donors (Lipinski definition) is 0. The molecule has 1 aliphatic rings. The summed E-state index contributed by atoms with van der Waals surface area (Å²) in [5.41, 5.74) is -1.12. The van der Waals surface area contributed by atoms with Gasteiger partial charge in [-0.2, -0.15) is 0 Å². The van der Waals surface area contributed by atoms with E-state index in [-0.39, 0.29) is 5.88 Å². The molecule has 0 saturated heterocycles. The molecule has 1 aliphatic carbocycles. The number of hydrogen-bond acceptors (Lipinski definition) is 0. The summed E-state index contributed by atoms with van der Waals surface area (Å²) in [4.78, 5) is 0. The number of rotatable bonds is 1. The second kappa shape index (κ2) is 3.13. The summed E-state index contributed by atoms with van der Waals surface area (Å²) in [5, 5.41) is 0. The molecule has 0 saturated carbocycles. The maximum absolute atomic E-state index is 13.0. The lowest BCUT2D eigenvalue weighted by atomic mass is 9.83. The van der Waals surface area contributed by atoms with Crippen molar-refractivity contribution in [1.29, 1.82) is 0 Å². The Hall–Kier alpha value is -0.440. The van der Waals surface area contributed by atoms with Gasteiger partial charge in [-0.25, -0.2) is 13.2 Å². The first-order valence-corrected chi connectivity index (χ1v) is 3.99. The van der Waals surface area contributed by atoms with Gasteiger partial charge in [-0.3, -0.25) is 0 Å². The Morgan fingerprint density at radius 1 is 1.50 bits per heavy atom. The van der Waals surface area contributed by atoms with Crippen molar-refractivity contribution < 1.29 is 13.2 Å². The third-order valence-electron chi connectivity index (χ3n) is 1.90. The van der Waals surface area contributed by atoms with Crippen molar-refractivity contribution in [2.45, 2.75) is 13.1 Å². The molecule has 0 amide bonds. The molecule has 0 fully saturated rings. The van der Waals surface area contributed by atoms with Crippen LogP contribution in [-0.2, 0) is 0 Å². The Bertz CT molecular complexity index is 247. The molecule has 1 rings (SSSR count). The average Bonchev–Trinajstić information content (AvgIpc) is 2.01. The zero-order valence-electron chi connectivity index (χ0n) is 6.45. The van der Waals surface area contributed by atoms with Gasteiger partial charge in [0.1, 0.15) is 6.17 Å². The van der Waals surface area contributed by atoms with Gasteiger partial charge < -0.3 is 0 Å². The van der Waals surface area contributed by atoms with E-state index >= 15 is 0 Å². The predicted octanol–water partition coefficient (Wildman–Crippen LogP) is 3.29. The Morgan fingerprint density at radius 2 is 2.08 bits per heavy atom. The lowest BCUT2D eigenvalue weighted by Crippen LogP contribution is -2.30. The van der Waals surface area contributed by atoms with E-state index < -0.39 is 23.2 Å². The van der Waals surface area contributed by atoms with Crippen LogP contribution in [0.25, 0.3) is 0 Å². The Labute approximate surface area is 73.7 Å². The molecule has 12 heavy (non-hydrogen) atoms. The van der Waals surface area contributed by atoms with E-state index in [0.717, 1.165) is 6.08 Å². The molecule has 68 valence electrons. The lowest BCUT2D eigenvalue weighted by Gasteiger charge is -2.28. The van der Waals surface area contributed by atoms with Crippen LogP contribution in [0.1, 0.15) is 6.92 Å². The first-order valence-electron chi connectivity index (χ1n) is 3.46. The van der Waals surface area contributed by atoms with Crippen LogP contribution in [0.5, 0.6) is 0 Å². The highest BCUT2D eigenvalue weighted by molar-refractivity contribution is 6.18. The van der Waals surface area contributed by atoms with E-state index in [1.165, 1.54) is 6.92 Å². The topological polar surface area (TPSA) is 0 Å². The van der Waals surface area contributed by atoms with Gasteiger partial charge in [-0.05, 0) is 12.2 Å². The van der Waals surface area contributed by atoms with E-state index in [2.05, 4.69) is 0 Å². The fourth-order valence-corrected chi connectivity index (χ4v) is 1.17. The molecule has 0 aromatic carbocycles. The Balaban J connectivity index is 2.99. The minimum absolute atomic E-state index is 0.0780. The van der Waals surface area contributed by atoms with Crippen LogP contribution in [0.3, 0.4) is 0 Å². The normalized spacial score (nSPS) is 35.9. The Kier molecular flexibility index (Phi) is 2.52. The first kappa shape index (κ1) is 9.65. The zero-order valence-corrected chi connectivity index (χ0v) is 7.21. The summed E-state index contributed by atoms with van der Waals surface area (Å²) in [7, 11) is 0. The van der Waals surface area contributed by atoms with Crippen LogP contribution in [0.15, 0.2) is 23.8 Å². The van der Waals surface area contributed by atoms with Crippen LogP contribution < -0.4 is 0 Å². The highest BCUT2D eigenvalue weighted by Gasteiger charge is 2.35. The predicted molar refractivity (Wildman–Crippen MR) is 42.1 cm³/mol. The van der Waals surface area contributed by atoms with Crippen LogP contribution in [0.4, 0.5) is 13.2 Å². The molecule has 0 nitrogen and oxygen atoms in total. The minimum Gasteiger partial charge on any atom is -0.242 e. The van der Waals surface area contributed by atoms with E-state index in [4.69, 9.17) is 11.6 Å². The summed E-state index contributed by atoms with van der Waals surface area (Å²) in [6, 6.07) is 0. The Morgan fingerprint density at radius 3 is 2.58 bits per heavy atom. The summed E-state index contributed by atoms with van der Waals surface area (Å²) in [6.07, 6.45) is -0.0629. The van der Waals surface area contributed by atoms with Gasteiger partial charge in [0.2, 0.25) is 0 Å².